The number of benzene rings is 1. The van der Waals surface area contributed by atoms with Gasteiger partial charge in [-0.3, -0.25) is 10.1 Å². The summed E-state index contributed by atoms with van der Waals surface area (Å²) >= 11 is 0. The molecule has 1 fully saturated rings. The van der Waals surface area contributed by atoms with Crippen molar-refractivity contribution in [3.63, 3.8) is 0 Å². The summed E-state index contributed by atoms with van der Waals surface area (Å²) in [6.45, 7) is 0.122. The molecule has 0 atom stereocenters. The van der Waals surface area contributed by atoms with Crippen LogP contribution in [-0.2, 0) is 11.3 Å². The van der Waals surface area contributed by atoms with E-state index in [2.05, 4.69) is 5.32 Å². The van der Waals surface area contributed by atoms with Gasteiger partial charge in [0.25, 0.3) is 5.69 Å². The molecule has 2 rings (SSSR count). The summed E-state index contributed by atoms with van der Waals surface area (Å²) in [4.78, 5) is 21.1. The Bertz CT molecular complexity index is 426. The maximum atomic E-state index is 11.2. The Morgan fingerprint density at radius 2 is 2.06 bits per heavy atom. The Morgan fingerprint density at radius 3 is 2.59 bits per heavy atom. The highest BCUT2D eigenvalue weighted by atomic mass is 16.6. The molecule has 0 spiro atoms. The lowest BCUT2D eigenvalue weighted by atomic mass is 10.2. The molecule has 1 amide bonds. The van der Waals surface area contributed by atoms with Crippen molar-refractivity contribution in [1.29, 1.82) is 0 Å². The number of hydrogen-bond acceptors (Lipinski definition) is 4. The van der Waals surface area contributed by atoms with Crippen molar-refractivity contribution in [3.05, 3.63) is 39.9 Å². The third kappa shape index (κ3) is 3.44. The van der Waals surface area contributed by atoms with Crippen LogP contribution in [0.1, 0.15) is 18.4 Å². The van der Waals surface area contributed by atoms with E-state index < -0.39 is 11.0 Å². The topological polar surface area (TPSA) is 81.5 Å². The van der Waals surface area contributed by atoms with Crippen LogP contribution in [0.3, 0.4) is 0 Å². The highest BCUT2D eigenvalue weighted by Gasteiger charge is 2.23. The van der Waals surface area contributed by atoms with Gasteiger partial charge in [-0.25, -0.2) is 4.79 Å². The summed E-state index contributed by atoms with van der Waals surface area (Å²) < 4.78 is 4.96. The third-order valence-electron chi connectivity index (χ3n) is 2.42. The van der Waals surface area contributed by atoms with Crippen molar-refractivity contribution < 1.29 is 14.5 Å². The summed E-state index contributed by atoms with van der Waals surface area (Å²) in [7, 11) is 0. The van der Waals surface area contributed by atoms with Crippen LogP contribution in [0.4, 0.5) is 10.5 Å². The molecule has 0 bridgehead atoms. The van der Waals surface area contributed by atoms with Crippen molar-refractivity contribution >= 4 is 11.8 Å². The Kier molecular flexibility index (Phi) is 3.22. The van der Waals surface area contributed by atoms with Crippen LogP contribution in [0.25, 0.3) is 0 Å². The van der Waals surface area contributed by atoms with E-state index in [4.69, 9.17) is 4.74 Å². The molecule has 1 aromatic rings. The lowest BCUT2D eigenvalue weighted by molar-refractivity contribution is -0.384. The highest BCUT2D eigenvalue weighted by molar-refractivity contribution is 5.68. The van der Waals surface area contributed by atoms with Gasteiger partial charge >= 0.3 is 6.09 Å². The number of carbonyl (C=O) groups is 1. The molecule has 0 unspecified atom stereocenters. The first kappa shape index (κ1) is 11.4. The van der Waals surface area contributed by atoms with E-state index >= 15 is 0 Å². The van der Waals surface area contributed by atoms with Gasteiger partial charge in [0.2, 0.25) is 0 Å². The Morgan fingerprint density at radius 1 is 1.41 bits per heavy atom. The van der Waals surface area contributed by atoms with Gasteiger partial charge in [0.05, 0.1) is 4.92 Å². The first-order chi connectivity index (χ1) is 8.15. The molecular formula is C11H12N2O4. The van der Waals surface area contributed by atoms with Gasteiger partial charge in [-0.15, -0.1) is 0 Å². The van der Waals surface area contributed by atoms with E-state index in [1.807, 2.05) is 0 Å². The van der Waals surface area contributed by atoms with Gasteiger partial charge in [0.1, 0.15) is 6.61 Å². The fraction of sp³-hybridized carbons (Fsp3) is 0.364. The van der Waals surface area contributed by atoms with Crippen molar-refractivity contribution in [2.45, 2.75) is 25.5 Å². The van der Waals surface area contributed by atoms with Gasteiger partial charge < -0.3 is 10.1 Å². The van der Waals surface area contributed by atoms with Crippen molar-refractivity contribution in [1.82, 2.24) is 5.32 Å². The van der Waals surface area contributed by atoms with Gasteiger partial charge in [0.15, 0.2) is 0 Å². The standard InChI is InChI=1S/C11H12N2O4/c14-11(12-9-3-4-9)17-7-8-1-5-10(6-2-8)13(15)16/h1-2,5-6,9H,3-4,7H2,(H,12,14). The fourth-order valence-corrected chi connectivity index (χ4v) is 1.30. The molecule has 0 saturated heterocycles. The largest absolute Gasteiger partial charge is 0.445 e. The molecule has 17 heavy (non-hydrogen) atoms. The molecule has 1 N–H and O–H groups in total. The number of alkyl carbamates (subject to hydrolysis) is 1. The molecule has 1 aliphatic carbocycles. The number of nitrogens with zero attached hydrogens (tertiary/aromatic N) is 1. The third-order valence-corrected chi connectivity index (χ3v) is 2.42. The molecule has 1 saturated carbocycles. The van der Waals surface area contributed by atoms with E-state index in [1.54, 1.807) is 12.1 Å². The summed E-state index contributed by atoms with van der Waals surface area (Å²) in [6, 6.07) is 6.18. The number of nitro groups is 1. The molecular weight excluding hydrogens is 224 g/mol. The second kappa shape index (κ2) is 4.82. The minimum absolute atomic E-state index is 0.0242. The molecule has 0 aromatic heterocycles. The quantitative estimate of drug-likeness (QED) is 0.640. The zero-order valence-corrected chi connectivity index (χ0v) is 9.09. The lowest BCUT2D eigenvalue weighted by Crippen LogP contribution is -2.25. The van der Waals surface area contributed by atoms with Crippen LogP contribution in [0.5, 0.6) is 0 Å². The van der Waals surface area contributed by atoms with E-state index in [1.165, 1.54) is 12.1 Å². The predicted octanol–water partition coefficient (Wildman–Crippen LogP) is 1.98. The fourth-order valence-electron chi connectivity index (χ4n) is 1.30. The van der Waals surface area contributed by atoms with Crippen molar-refractivity contribution in [3.8, 4) is 0 Å². The molecule has 0 aliphatic heterocycles. The number of ether oxygens (including phenoxy) is 1. The van der Waals surface area contributed by atoms with Gasteiger partial charge in [-0.05, 0) is 30.5 Å². The average Bonchev–Trinajstić information content (AvgIpc) is 3.11. The number of rotatable bonds is 4. The molecule has 0 heterocycles. The SMILES string of the molecule is O=C(NC1CC1)OCc1ccc([N+](=O)[O-])cc1. The second-order valence-electron chi connectivity index (χ2n) is 3.92. The Hall–Kier alpha value is -2.11. The zero-order valence-electron chi connectivity index (χ0n) is 9.09. The highest BCUT2D eigenvalue weighted by Crippen LogP contribution is 2.18. The summed E-state index contributed by atoms with van der Waals surface area (Å²) in [5.74, 6) is 0. The van der Waals surface area contributed by atoms with Crippen LogP contribution < -0.4 is 5.32 Å². The second-order valence-corrected chi connectivity index (χ2v) is 3.92. The van der Waals surface area contributed by atoms with E-state index in [-0.39, 0.29) is 18.3 Å². The number of carbonyl (C=O) groups excluding carboxylic acids is 1. The number of amides is 1. The smallest absolute Gasteiger partial charge is 0.407 e. The molecule has 6 heteroatoms. The number of hydrogen-bond donors (Lipinski definition) is 1. The monoisotopic (exact) mass is 236 g/mol. The van der Waals surface area contributed by atoms with Gasteiger partial charge in [0, 0.05) is 18.2 Å². The van der Waals surface area contributed by atoms with Gasteiger partial charge in [-0.2, -0.15) is 0 Å². The van der Waals surface area contributed by atoms with E-state index in [0.717, 1.165) is 18.4 Å². The lowest BCUT2D eigenvalue weighted by Gasteiger charge is -2.05. The number of nitro benzene ring substituents is 1. The zero-order chi connectivity index (χ0) is 12.3. The summed E-state index contributed by atoms with van der Waals surface area (Å²) in [6.07, 6.45) is 1.57. The average molecular weight is 236 g/mol. The summed E-state index contributed by atoms with van der Waals surface area (Å²) in [5.41, 5.74) is 0.748. The maximum Gasteiger partial charge on any atom is 0.407 e. The Labute approximate surface area is 97.7 Å². The van der Waals surface area contributed by atoms with E-state index in [0.29, 0.717) is 0 Å². The molecule has 1 aliphatic rings. The van der Waals surface area contributed by atoms with Crippen LogP contribution in [0, 0.1) is 10.1 Å². The first-order valence-electron chi connectivity index (χ1n) is 5.32. The summed E-state index contributed by atoms with van der Waals surface area (Å²) in [5, 5.41) is 13.1. The normalized spacial score (nSPS) is 14.1. The minimum atomic E-state index is -0.468. The van der Waals surface area contributed by atoms with Crippen molar-refractivity contribution in [2.75, 3.05) is 0 Å². The number of nitrogens with one attached hydrogen (secondary N) is 1. The van der Waals surface area contributed by atoms with E-state index in [9.17, 15) is 14.9 Å². The molecule has 1 aromatic carbocycles. The Balaban J connectivity index is 1.81. The predicted molar refractivity (Wildman–Crippen MR) is 59.4 cm³/mol. The van der Waals surface area contributed by atoms with Crippen molar-refractivity contribution in [2.24, 2.45) is 0 Å². The maximum absolute atomic E-state index is 11.2. The molecule has 90 valence electrons. The van der Waals surface area contributed by atoms with Crippen LogP contribution in [0.2, 0.25) is 0 Å². The first-order valence-corrected chi connectivity index (χ1v) is 5.32. The van der Waals surface area contributed by atoms with Gasteiger partial charge in [-0.1, -0.05) is 0 Å². The number of non-ortho nitro benzene ring substituents is 1. The van der Waals surface area contributed by atoms with Crippen LogP contribution in [-0.4, -0.2) is 17.1 Å². The van der Waals surface area contributed by atoms with Crippen LogP contribution in [0.15, 0.2) is 24.3 Å². The molecule has 6 nitrogen and oxygen atoms in total. The molecule has 0 radical (unpaired) electrons. The minimum Gasteiger partial charge on any atom is -0.445 e. The van der Waals surface area contributed by atoms with Crippen LogP contribution >= 0.6 is 0 Å².